The lowest BCUT2D eigenvalue weighted by molar-refractivity contribution is -0.152. The molecule has 0 aliphatic carbocycles. The van der Waals surface area contributed by atoms with Gasteiger partial charge in [0.2, 0.25) is 5.91 Å². The van der Waals surface area contributed by atoms with Crippen molar-refractivity contribution in [1.82, 2.24) is 0 Å². The van der Waals surface area contributed by atoms with Crippen LogP contribution in [0.25, 0.3) is 0 Å². The van der Waals surface area contributed by atoms with Crippen LogP contribution in [0.4, 0.5) is 5.69 Å². The van der Waals surface area contributed by atoms with Crippen LogP contribution < -0.4 is 10.6 Å². The second kappa shape index (κ2) is 8.63. The molecule has 0 radical (unpaired) electrons. The lowest BCUT2D eigenvalue weighted by Gasteiger charge is -2.26. The van der Waals surface area contributed by atoms with E-state index >= 15 is 0 Å². The zero-order valence-corrected chi connectivity index (χ0v) is 17.2. The summed E-state index contributed by atoms with van der Waals surface area (Å²) in [5.41, 5.74) is 5.10. The van der Waals surface area contributed by atoms with Crippen molar-refractivity contribution in [2.45, 2.75) is 26.4 Å². The van der Waals surface area contributed by atoms with Crippen LogP contribution in [0.3, 0.4) is 0 Å². The number of carbonyl (C=O) groups is 3. The molecule has 0 saturated heterocycles. The van der Waals surface area contributed by atoms with E-state index in [0.717, 1.165) is 4.90 Å². The Labute approximate surface area is 173 Å². The van der Waals surface area contributed by atoms with Gasteiger partial charge in [-0.15, -0.1) is 0 Å². The number of nitrogens with two attached hydrogens (primary N) is 1. The quantitative estimate of drug-likeness (QED) is 0.734. The van der Waals surface area contributed by atoms with Crippen molar-refractivity contribution in [3.8, 4) is 0 Å². The maximum absolute atomic E-state index is 13.2. The van der Waals surface area contributed by atoms with Gasteiger partial charge in [-0.1, -0.05) is 35.3 Å². The Bertz CT molecular complexity index is 902. The van der Waals surface area contributed by atoms with E-state index < -0.39 is 29.9 Å². The van der Waals surface area contributed by atoms with Crippen molar-refractivity contribution in [1.29, 1.82) is 0 Å². The molecule has 2 amide bonds. The van der Waals surface area contributed by atoms with Gasteiger partial charge >= 0.3 is 5.97 Å². The molecule has 8 heteroatoms. The van der Waals surface area contributed by atoms with E-state index in [1.807, 2.05) is 0 Å². The van der Waals surface area contributed by atoms with Crippen LogP contribution in [-0.4, -0.2) is 29.9 Å². The minimum atomic E-state index is -0.733. The fourth-order valence-corrected chi connectivity index (χ4v) is 3.01. The fourth-order valence-electron chi connectivity index (χ4n) is 2.45. The summed E-state index contributed by atoms with van der Waals surface area (Å²) in [5, 5.41) is 0.274. The van der Waals surface area contributed by atoms with Gasteiger partial charge in [0.15, 0.2) is 0 Å². The van der Waals surface area contributed by atoms with Crippen molar-refractivity contribution in [3.05, 3.63) is 63.6 Å². The smallest absolute Gasteiger partial charge is 0.326 e. The number of esters is 1. The number of halogens is 2. The van der Waals surface area contributed by atoms with E-state index in [2.05, 4.69) is 0 Å². The number of primary amides is 1. The number of carbonyl (C=O) groups excluding carboxylic acids is 3. The number of benzene rings is 2. The number of hydrogen-bond acceptors (Lipinski definition) is 4. The van der Waals surface area contributed by atoms with Crippen molar-refractivity contribution >= 4 is 46.7 Å². The van der Waals surface area contributed by atoms with Crippen LogP contribution in [0.5, 0.6) is 0 Å². The molecule has 2 aromatic carbocycles. The van der Waals surface area contributed by atoms with E-state index in [9.17, 15) is 14.4 Å². The number of rotatable bonds is 5. The maximum Gasteiger partial charge on any atom is 0.326 e. The molecule has 0 bridgehead atoms. The van der Waals surface area contributed by atoms with Gasteiger partial charge < -0.3 is 10.5 Å². The number of nitrogens with zero attached hydrogens (tertiary/aromatic N) is 1. The molecule has 0 aliphatic heterocycles. The van der Waals surface area contributed by atoms with Crippen LogP contribution in [0.15, 0.2) is 42.5 Å². The van der Waals surface area contributed by atoms with E-state index in [-0.39, 0.29) is 26.9 Å². The predicted molar refractivity (Wildman–Crippen MR) is 109 cm³/mol. The van der Waals surface area contributed by atoms with Gasteiger partial charge in [0.25, 0.3) is 5.91 Å². The Balaban J connectivity index is 2.50. The Morgan fingerprint density at radius 1 is 1.04 bits per heavy atom. The van der Waals surface area contributed by atoms with Crippen LogP contribution in [0, 0.1) is 0 Å². The first-order chi connectivity index (χ1) is 13.0. The van der Waals surface area contributed by atoms with Crippen molar-refractivity contribution in [2.75, 3.05) is 11.4 Å². The maximum atomic E-state index is 13.2. The van der Waals surface area contributed by atoms with Crippen LogP contribution in [-0.2, 0) is 9.53 Å². The highest BCUT2D eigenvalue weighted by atomic mass is 35.5. The highest BCUT2D eigenvalue weighted by molar-refractivity contribution is 6.40. The van der Waals surface area contributed by atoms with Crippen LogP contribution in [0.1, 0.15) is 41.5 Å². The summed E-state index contributed by atoms with van der Waals surface area (Å²) in [4.78, 5) is 38.3. The highest BCUT2D eigenvalue weighted by Gasteiger charge is 2.27. The van der Waals surface area contributed by atoms with Crippen LogP contribution in [0.2, 0.25) is 10.0 Å². The van der Waals surface area contributed by atoms with E-state index in [0.29, 0.717) is 0 Å². The van der Waals surface area contributed by atoms with Gasteiger partial charge in [-0.05, 0) is 51.1 Å². The van der Waals surface area contributed by atoms with Crippen molar-refractivity contribution in [2.24, 2.45) is 5.73 Å². The summed E-state index contributed by atoms with van der Waals surface area (Å²) in [5.74, 6) is -1.90. The number of hydrogen-bond donors (Lipinski definition) is 1. The summed E-state index contributed by atoms with van der Waals surface area (Å²) < 4.78 is 5.32. The molecule has 0 saturated carbocycles. The summed E-state index contributed by atoms with van der Waals surface area (Å²) in [6.45, 7) is 4.75. The molecule has 2 aromatic rings. The Morgan fingerprint density at radius 2 is 1.61 bits per heavy atom. The molecule has 0 aliphatic rings. The third kappa shape index (κ3) is 5.47. The summed E-state index contributed by atoms with van der Waals surface area (Å²) in [6, 6.07) is 10.7. The first-order valence-corrected chi connectivity index (χ1v) is 9.13. The lowest BCUT2D eigenvalue weighted by atomic mass is 10.1. The zero-order valence-electron chi connectivity index (χ0n) is 15.7. The lowest BCUT2D eigenvalue weighted by Crippen LogP contribution is -2.39. The molecule has 0 heterocycles. The molecule has 6 nitrogen and oxygen atoms in total. The normalized spacial score (nSPS) is 11.0. The third-order valence-corrected chi connectivity index (χ3v) is 4.20. The topological polar surface area (TPSA) is 89.7 Å². The van der Waals surface area contributed by atoms with Gasteiger partial charge in [0, 0.05) is 11.3 Å². The molecule has 2 N–H and O–H groups in total. The summed E-state index contributed by atoms with van der Waals surface area (Å²) in [6.07, 6.45) is 0. The second-order valence-corrected chi connectivity index (χ2v) is 7.80. The number of amides is 2. The molecular weight excluding hydrogens is 403 g/mol. The van der Waals surface area contributed by atoms with Gasteiger partial charge in [0.05, 0.1) is 15.6 Å². The molecule has 0 spiro atoms. The largest absolute Gasteiger partial charge is 0.459 e. The van der Waals surface area contributed by atoms with Gasteiger partial charge in [0.1, 0.15) is 12.1 Å². The molecule has 28 heavy (non-hydrogen) atoms. The van der Waals surface area contributed by atoms with Crippen molar-refractivity contribution in [3.63, 3.8) is 0 Å². The molecule has 0 unspecified atom stereocenters. The molecule has 148 valence electrons. The second-order valence-electron chi connectivity index (χ2n) is 6.99. The molecule has 0 atom stereocenters. The van der Waals surface area contributed by atoms with Gasteiger partial charge in [-0.25, -0.2) is 0 Å². The Kier molecular flexibility index (Phi) is 6.69. The standard InChI is InChI=1S/C20H20Cl2N2O4/c1-20(2,3)28-16(25)11-24(13-7-4-6-12(10-13)18(23)26)19(27)17-14(21)8-5-9-15(17)22/h4-10H,11H2,1-3H3,(H2,23,26). The summed E-state index contributed by atoms with van der Waals surface area (Å²) in [7, 11) is 0. The van der Waals surface area contributed by atoms with E-state index in [1.54, 1.807) is 39.0 Å². The molecule has 2 rings (SSSR count). The third-order valence-electron chi connectivity index (χ3n) is 3.57. The molecule has 0 fully saturated rings. The Hall–Kier alpha value is -2.57. The average molecular weight is 423 g/mol. The SMILES string of the molecule is CC(C)(C)OC(=O)CN(C(=O)c1c(Cl)cccc1Cl)c1cccc(C(N)=O)c1. The fraction of sp³-hybridized carbons (Fsp3) is 0.250. The molecular formula is C20H20Cl2N2O4. The first kappa shape index (κ1) is 21.7. The van der Waals surface area contributed by atoms with Gasteiger partial charge in [-0.2, -0.15) is 0 Å². The van der Waals surface area contributed by atoms with Gasteiger partial charge in [-0.3, -0.25) is 19.3 Å². The zero-order chi connectivity index (χ0) is 21.1. The number of ether oxygens (including phenoxy) is 1. The van der Waals surface area contributed by atoms with Crippen LogP contribution >= 0.6 is 23.2 Å². The summed E-state index contributed by atoms with van der Waals surface area (Å²) >= 11 is 12.3. The predicted octanol–water partition coefficient (Wildman–Crippen LogP) is 4.08. The first-order valence-electron chi connectivity index (χ1n) is 8.37. The van der Waals surface area contributed by atoms with E-state index in [1.165, 1.54) is 24.3 Å². The average Bonchev–Trinajstić information content (AvgIpc) is 2.58. The Morgan fingerprint density at radius 3 is 2.14 bits per heavy atom. The van der Waals surface area contributed by atoms with E-state index in [4.69, 9.17) is 33.7 Å². The monoisotopic (exact) mass is 422 g/mol. The minimum Gasteiger partial charge on any atom is -0.459 e. The van der Waals surface area contributed by atoms with Crippen molar-refractivity contribution < 1.29 is 19.1 Å². The highest BCUT2D eigenvalue weighted by Crippen LogP contribution is 2.28. The molecule has 0 aromatic heterocycles. The minimum absolute atomic E-state index is 0.0406. The number of anilines is 1.